The lowest BCUT2D eigenvalue weighted by Crippen LogP contribution is -2.26. The maximum atomic E-state index is 12.8. The summed E-state index contributed by atoms with van der Waals surface area (Å²) in [5.41, 5.74) is 1.67. The van der Waals surface area contributed by atoms with E-state index in [0.29, 0.717) is 21.4 Å². The van der Waals surface area contributed by atoms with E-state index in [9.17, 15) is 13.2 Å². The molecule has 0 spiro atoms. The molecule has 1 heterocycles. The third-order valence-corrected chi connectivity index (χ3v) is 7.56. The van der Waals surface area contributed by atoms with E-state index in [2.05, 4.69) is 15.5 Å². The molecule has 10 heteroatoms. The van der Waals surface area contributed by atoms with Crippen molar-refractivity contribution in [3.63, 3.8) is 0 Å². The minimum absolute atomic E-state index is 0.193. The molecule has 1 amide bonds. The maximum Gasteiger partial charge on any atom is 0.264 e. The number of hydrogen-bond acceptors (Lipinski definition) is 7. The van der Waals surface area contributed by atoms with Crippen molar-refractivity contribution in [3.8, 4) is 16.3 Å². The van der Waals surface area contributed by atoms with E-state index in [0.717, 1.165) is 11.3 Å². The number of nitrogens with one attached hydrogen (secondary N) is 1. The molecule has 168 valence electrons. The number of carbonyl (C=O) groups excluding carboxylic acids is 1. The van der Waals surface area contributed by atoms with Crippen molar-refractivity contribution in [2.75, 3.05) is 23.8 Å². The van der Waals surface area contributed by atoms with E-state index >= 15 is 0 Å². The quantitative estimate of drug-likeness (QED) is 0.423. The van der Waals surface area contributed by atoms with Gasteiger partial charge in [-0.25, -0.2) is 8.42 Å². The summed E-state index contributed by atoms with van der Waals surface area (Å²) in [4.78, 5) is 12.8. The van der Waals surface area contributed by atoms with Crippen LogP contribution in [0.4, 0.5) is 10.8 Å². The Hall–Kier alpha value is -3.76. The van der Waals surface area contributed by atoms with Crippen LogP contribution in [0.2, 0.25) is 0 Å². The molecule has 1 aromatic heterocycles. The van der Waals surface area contributed by atoms with Gasteiger partial charge in [-0.2, -0.15) is 0 Å². The van der Waals surface area contributed by atoms with Crippen LogP contribution < -0.4 is 14.4 Å². The number of methoxy groups -OCH3 is 1. The highest BCUT2D eigenvalue weighted by molar-refractivity contribution is 7.92. The fourth-order valence-electron chi connectivity index (χ4n) is 3.01. The van der Waals surface area contributed by atoms with E-state index < -0.39 is 10.0 Å². The average molecular weight is 481 g/mol. The van der Waals surface area contributed by atoms with Crippen molar-refractivity contribution >= 4 is 38.1 Å². The highest BCUT2D eigenvalue weighted by atomic mass is 32.2. The van der Waals surface area contributed by atoms with Gasteiger partial charge in [0.25, 0.3) is 15.9 Å². The Morgan fingerprint density at radius 1 is 0.939 bits per heavy atom. The molecule has 0 aliphatic heterocycles. The molecule has 0 radical (unpaired) electrons. The maximum absolute atomic E-state index is 12.8. The van der Waals surface area contributed by atoms with Crippen LogP contribution in [0.3, 0.4) is 0 Å². The molecule has 33 heavy (non-hydrogen) atoms. The van der Waals surface area contributed by atoms with Crippen molar-refractivity contribution in [1.82, 2.24) is 10.2 Å². The van der Waals surface area contributed by atoms with Crippen molar-refractivity contribution in [3.05, 3.63) is 84.4 Å². The second kappa shape index (κ2) is 9.39. The fraction of sp³-hybridized carbons (Fsp3) is 0.0870. The molecule has 4 rings (SSSR count). The Labute approximate surface area is 195 Å². The zero-order valence-corrected chi connectivity index (χ0v) is 19.4. The van der Waals surface area contributed by atoms with Gasteiger partial charge in [0.15, 0.2) is 0 Å². The first kappa shape index (κ1) is 22.4. The van der Waals surface area contributed by atoms with Crippen molar-refractivity contribution in [2.24, 2.45) is 0 Å². The van der Waals surface area contributed by atoms with Gasteiger partial charge in [0, 0.05) is 18.2 Å². The van der Waals surface area contributed by atoms with Gasteiger partial charge >= 0.3 is 0 Å². The van der Waals surface area contributed by atoms with Crippen LogP contribution in [0, 0.1) is 0 Å². The number of amides is 1. The van der Waals surface area contributed by atoms with Gasteiger partial charge in [-0.3, -0.25) is 14.4 Å². The topological polar surface area (TPSA) is 101 Å². The molecule has 0 fully saturated rings. The molecule has 0 aliphatic rings. The number of hydrogen-bond donors (Lipinski definition) is 1. The Morgan fingerprint density at radius 3 is 2.24 bits per heavy atom. The molecule has 0 atom stereocenters. The lowest BCUT2D eigenvalue weighted by Gasteiger charge is -2.19. The predicted octanol–water partition coefficient (Wildman–Crippen LogP) is 4.29. The molecular weight excluding hydrogens is 460 g/mol. The predicted molar refractivity (Wildman–Crippen MR) is 128 cm³/mol. The number of anilines is 2. The average Bonchev–Trinajstić information content (AvgIpc) is 3.32. The first-order chi connectivity index (χ1) is 15.9. The van der Waals surface area contributed by atoms with Crippen LogP contribution in [0.5, 0.6) is 5.75 Å². The summed E-state index contributed by atoms with van der Waals surface area (Å²) in [7, 11) is -0.624. The number of aromatic nitrogens is 2. The Kier molecular flexibility index (Phi) is 6.38. The van der Waals surface area contributed by atoms with E-state index in [-0.39, 0.29) is 10.8 Å². The van der Waals surface area contributed by atoms with E-state index in [1.54, 1.807) is 49.6 Å². The molecule has 1 N–H and O–H groups in total. The standard InChI is InChI=1S/C23H20N4O4S2/c1-27(33(29,30)20-6-4-3-5-7-20)18-12-8-16(9-13-18)21(28)24-23-26-25-22(32-23)17-10-14-19(31-2)15-11-17/h3-15H,1-2H3,(H,24,26,28). The molecule has 0 saturated carbocycles. The normalized spacial score (nSPS) is 11.1. The number of benzene rings is 3. The Morgan fingerprint density at radius 2 is 1.61 bits per heavy atom. The third-order valence-electron chi connectivity index (χ3n) is 4.88. The Bertz CT molecular complexity index is 1350. The summed E-state index contributed by atoms with van der Waals surface area (Å²) < 4.78 is 31.9. The number of sulfonamides is 1. The van der Waals surface area contributed by atoms with E-state index in [1.807, 2.05) is 24.3 Å². The van der Waals surface area contributed by atoms with Gasteiger partial charge in [0.2, 0.25) is 5.13 Å². The smallest absolute Gasteiger partial charge is 0.264 e. The summed E-state index contributed by atoms with van der Waals surface area (Å²) in [6, 6.07) is 21.8. The van der Waals surface area contributed by atoms with Gasteiger partial charge in [-0.1, -0.05) is 29.5 Å². The lowest BCUT2D eigenvalue weighted by atomic mass is 10.2. The van der Waals surface area contributed by atoms with E-state index in [1.165, 1.54) is 34.8 Å². The zero-order chi connectivity index (χ0) is 23.4. The third kappa shape index (κ3) is 4.86. The Balaban J connectivity index is 1.45. The van der Waals surface area contributed by atoms with Crippen LogP contribution in [-0.2, 0) is 10.0 Å². The molecule has 0 saturated heterocycles. The van der Waals surface area contributed by atoms with Crippen molar-refractivity contribution < 1.29 is 17.9 Å². The summed E-state index contributed by atoms with van der Waals surface area (Å²) in [5.74, 6) is 0.370. The number of nitrogens with zero attached hydrogens (tertiary/aromatic N) is 3. The summed E-state index contributed by atoms with van der Waals surface area (Å²) in [6.07, 6.45) is 0. The van der Waals surface area contributed by atoms with Crippen molar-refractivity contribution in [2.45, 2.75) is 4.90 Å². The SMILES string of the molecule is COc1ccc(-c2nnc(NC(=O)c3ccc(N(C)S(=O)(=O)c4ccccc4)cc3)s2)cc1. The van der Waals surface area contributed by atoms with Gasteiger partial charge < -0.3 is 4.74 Å². The number of carbonyl (C=O) groups is 1. The minimum atomic E-state index is -3.69. The molecule has 0 unspecified atom stereocenters. The monoisotopic (exact) mass is 480 g/mol. The van der Waals surface area contributed by atoms with Gasteiger partial charge in [0.1, 0.15) is 10.8 Å². The summed E-state index contributed by atoms with van der Waals surface area (Å²) in [5, 5.41) is 11.9. The zero-order valence-electron chi connectivity index (χ0n) is 17.8. The summed E-state index contributed by atoms with van der Waals surface area (Å²) in [6.45, 7) is 0. The number of ether oxygens (including phenoxy) is 1. The van der Waals surface area contributed by atoms with Crippen molar-refractivity contribution in [1.29, 1.82) is 0 Å². The fourth-order valence-corrected chi connectivity index (χ4v) is 4.97. The second-order valence-corrected chi connectivity index (χ2v) is 9.87. The largest absolute Gasteiger partial charge is 0.497 e. The molecule has 0 aliphatic carbocycles. The van der Waals surface area contributed by atoms with Gasteiger partial charge in [-0.15, -0.1) is 10.2 Å². The number of rotatable bonds is 7. The summed E-state index contributed by atoms with van der Waals surface area (Å²) >= 11 is 1.25. The first-order valence-corrected chi connectivity index (χ1v) is 12.1. The first-order valence-electron chi connectivity index (χ1n) is 9.82. The van der Waals surface area contributed by atoms with Crippen LogP contribution in [0.25, 0.3) is 10.6 Å². The highest BCUT2D eigenvalue weighted by Gasteiger charge is 2.21. The molecule has 8 nitrogen and oxygen atoms in total. The molecule has 4 aromatic rings. The van der Waals surface area contributed by atoms with Gasteiger partial charge in [0.05, 0.1) is 17.7 Å². The minimum Gasteiger partial charge on any atom is -0.497 e. The highest BCUT2D eigenvalue weighted by Crippen LogP contribution is 2.28. The molecule has 3 aromatic carbocycles. The van der Waals surface area contributed by atoms with E-state index in [4.69, 9.17) is 4.74 Å². The lowest BCUT2D eigenvalue weighted by molar-refractivity contribution is 0.102. The van der Waals surface area contributed by atoms with Gasteiger partial charge in [-0.05, 0) is 60.7 Å². The molecular formula is C23H20N4O4S2. The van der Waals surface area contributed by atoms with Crippen LogP contribution in [-0.4, -0.2) is 38.7 Å². The van der Waals surface area contributed by atoms with Crippen LogP contribution >= 0.6 is 11.3 Å². The van der Waals surface area contributed by atoms with Crippen LogP contribution in [0.1, 0.15) is 10.4 Å². The second-order valence-electron chi connectivity index (χ2n) is 6.93. The molecule has 0 bridgehead atoms. The van der Waals surface area contributed by atoms with Crippen LogP contribution in [0.15, 0.2) is 83.8 Å².